The highest BCUT2D eigenvalue weighted by Crippen LogP contribution is 2.24. The van der Waals surface area contributed by atoms with Crippen LogP contribution in [0.3, 0.4) is 0 Å². The lowest BCUT2D eigenvalue weighted by atomic mass is 9.89. The van der Waals surface area contributed by atoms with E-state index in [0.29, 0.717) is 5.92 Å². The summed E-state index contributed by atoms with van der Waals surface area (Å²) in [6.45, 7) is 2.02. The molecule has 0 aromatic heterocycles. The molecule has 2 N–H and O–H groups in total. The molecule has 0 bridgehead atoms. The van der Waals surface area contributed by atoms with E-state index in [2.05, 4.69) is 16.7 Å². The Bertz CT molecular complexity index is 431. The number of rotatable bonds is 3. The lowest BCUT2D eigenvalue weighted by molar-refractivity contribution is 0.255. The van der Waals surface area contributed by atoms with Gasteiger partial charge in [0.25, 0.3) is 0 Å². The maximum atomic E-state index is 11.7. The standard InChI is InChI=1S/C16H22N2O/c1-13-7-9-15(10-8-13)18-16(19)17-12-11-14-5-3-2-4-6-14/h7-12,14H,2-6H2,1H3,(H2,17,18,19)/b12-11+. The summed E-state index contributed by atoms with van der Waals surface area (Å²) in [4.78, 5) is 11.7. The lowest BCUT2D eigenvalue weighted by Gasteiger charge is -2.17. The van der Waals surface area contributed by atoms with Crippen molar-refractivity contribution >= 4 is 11.7 Å². The van der Waals surface area contributed by atoms with Crippen LogP contribution in [0, 0.1) is 12.8 Å². The maximum Gasteiger partial charge on any atom is 0.323 e. The molecule has 1 saturated carbocycles. The van der Waals surface area contributed by atoms with Crippen molar-refractivity contribution in [3.63, 3.8) is 0 Å². The van der Waals surface area contributed by atoms with Gasteiger partial charge in [-0.2, -0.15) is 0 Å². The average Bonchev–Trinajstić information content (AvgIpc) is 2.43. The van der Waals surface area contributed by atoms with Gasteiger partial charge in [-0.3, -0.25) is 0 Å². The van der Waals surface area contributed by atoms with Crippen molar-refractivity contribution in [2.45, 2.75) is 39.0 Å². The molecule has 1 aliphatic rings. The van der Waals surface area contributed by atoms with Crippen LogP contribution in [-0.2, 0) is 0 Å². The van der Waals surface area contributed by atoms with Crippen LogP contribution in [0.4, 0.5) is 10.5 Å². The Hall–Kier alpha value is -1.77. The Labute approximate surface area is 115 Å². The number of carbonyl (C=O) groups excluding carboxylic acids is 1. The third-order valence-electron chi connectivity index (χ3n) is 3.54. The molecule has 1 aliphatic carbocycles. The van der Waals surface area contributed by atoms with Gasteiger partial charge >= 0.3 is 6.03 Å². The van der Waals surface area contributed by atoms with E-state index in [9.17, 15) is 4.79 Å². The molecule has 3 heteroatoms. The van der Waals surface area contributed by atoms with E-state index in [1.807, 2.05) is 31.2 Å². The van der Waals surface area contributed by atoms with Gasteiger partial charge in [0.1, 0.15) is 0 Å². The van der Waals surface area contributed by atoms with E-state index in [0.717, 1.165) is 5.69 Å². The highest BCUT2D eigenvalue weighted by Gasteiger charge is 2.09. The first-order valence-corrected chi connectivity index (χ1v) is 7.05. The molecule has 1 fully saturated rings. The quantitative estimate of drug-likeness (QED) is 0.837. The van der Waals surface area contributed by atoms with Crippen molar-refractivity contribution in [3.8, 4) is 0 Å². The van der Waals surface area contributed by atoms with Gasteiger partial charge in [-0.15, -0.1) is 0 Å². The second-order valence-corrected chi connectivity index (χ2v) is 5.22. The molecule has 0 spiro atoms. The minimum Gasteiger partial charge on any atom is -0.315 e. The summed E-state index contributed by atoms with van der Waals surface area (Å²) >= 11 is 0. The Morgan fingerprint density at radius 3 is 2.53 bits per heavy atom. The molecule has 1 aromatic rings. The van der Waals surface area contributed by atoms with Gasteiger partial charge in [-0.05, 0) is 37.8 Å². The number of allylic oxidation sites excluding steroid dienone is 1. The molecular weight excluding hydrogens is 236 g/mol. The number of amides is 2. The van der Waals surface area contributed by atoms with Crippen LogP contribution in [0.1, 0.15) is 37.7 Å². The molecule has 0 radical (unpaired) electrons. The van der Waals surface area contributed by atoms with Gasteiger partial charge in [-0.25, -0.2) is 4.79 Å². The topological polar surface area (TPSA) is 41.1 Å². The number of hydrogen-bond donors (Lipinski definition) is 2. The second kappa shape index (κ2) is 6.98. The summed E-state index contributed by atoms with van der Waals surface area (Å²) < 4.78 is 0. The first-order chi connectivity index (χ1) is 9.24. The molecule has 19 heavy (non-hydrogen) atoms. The summed E-state index contributed by atoms with van der Waals surface area (Å²) in [7, 11) is 0. The zero-order valence-corrected chi connectivity index (χ0v) is 11.5. The van der Waals surface area contributed by atoms with Crippen molar-refractivity contribution in [1.82, 2.24) is 5.32 Å². The van der Waals surface area contributed by atoms with Crippen LogP contribution in [-0.4, -0.2) is 6.03 Å². The summed E-state index contributed by atoms with van der Waals surface area (Å²) in [6.07, 6.45) is 10.4. The smallest absolute Gasteiger partial charge is 0.315 e. The normalized spacial score (nSPS) is 16.5. The van der Waals surface area contributed by atoms with Crippen LogP contribution in [0.25, 0.3) is 0 Å². The Morgan fingerprint density at radius 2 is 1.84 bits per heavy atom. The first kappa shape index (κ1) is 13.7. The Morgan fingerprint density at radius 1 is 1.16 bits per heavy atom. The lowest BCUT2D eigenvalue weighted by Crippen LogP contribution is -2.24. The highest BCUT2D eigenvalue weighted by atomic mass is 16.2. The van der Waals surface area contributed by atoms with E-state index in [1.54, 1.807) is 6.20 Å². The fourth-order valence-electron chi connectivity index (χ4n) is 2.39. The average molecular weight is 258 g/mol. The zero-order valence-electron chi connectivity index (χ0n) is 11.5. The number of hydrogen-bond acceptors (Lipinski definition) is 1. The van der Waals surface area contributed by atoms with Gasteiger partial charge in [0.2, 0.25) is 0 Å². The van der Waals surface area contributed by atoms with Gasteiger partial charge in [0, 0.05) is 11.9 Å². The van der Waals surface area contributed by atoms with Crippen LogP contribution >= 0.6 is 0 Å². The number of carbonyl (C=O) groups is 1. The van der Waals surface area contributed by atoms with Crippen LogP contribution in [0.2, 0.25) is 0 Å². The third-order valence-corrected chi connectivity index (χ3v) is 3.54. The predicted molar refractivity (Wildman–Crippen MR) is 79.0 cm³/mol. The van der Waals surface area contributed by atoms with Crippen LogP contribution < -0.4 is 10.6 Å². The third kappa shape index (κ3) is 4.78. The molecule has 2 amide bonds. The molecule has 3 nitrogen and oxygen atoms in total. The molecule has 0 heterocycles. The molecule has 1 aromatic carbocycles. The summed E-state index contributed by atoms with van der Waals surface area (Å²) in [5, 5.41) is 5.57. The van der Waals surface area contributed by atoms with Gasteiger partial charge in [0.15, 0.2) is 0 Å². The minimum absolute atomic E-state index is 0.184. The Kier molecular flexibility index (Phi) is 5.01. The SMILES string of the molecule is Cc1ccc(NC(=O)N/C=C/C2CCCCC2)cc1. The van der Waals surface area contributed by atoms with Crippen LogP contribution in [0.15, 0.2) is 36.5 Å². The van der Waals surface area contributed by atoms with E-state index >= 15 is 0 Å². The number of anilines is 1. The number of urea groups is 1. The van der Waals surface area contributed by atoms with Crippen molar-refractivity contribution < 1.29 is 4.79 Å². The predicted octanol–water partition coefficient (Wildman–Crippen LogP) is 4.21. The number of benzene rings is 1. The molecular formula is C16H22N2O. The monoisotopic (exact) mass is 258 g/mol. The molecule has 102 valence electrons. The van der Waals surface area contributed by atoms with Gasteiger partial charge < -0.3 is 10.6 Å². The van der Waals surface area contributed by atoms with Gasteiger partial charge in [-0.1, -0.05) is 43.0 Å². The van der Waals surface area contributed by atoms with Crippen LogP contribution in [0.5, 0.6) is 0 Å². The largest absolute Gasteiger partial charge is 0.323 e. The maximum absolute atomic E-state index is 11.7. The Balaban J connectivity index is 1.74. The molecule has 0 unspecified atom stereocenters. The highest BCUT2D eigenvalue weighted by molar-refractivity contribution is 5.89. The molecule has 0 atom stereocenters. The van der Waals surface area contributed by atoms with Crippen molar-refractivity contribution in [2.24, 2.45) is 5.92 Å². The van der Waals surface area contributed by atoms with Gasteiger partial charge in [0.05, 0.1) is 0 Å². The van der Waals surface area contributed by atoms with E-state index in [-0.39, 0.29) is 6.03 Å². The number of nitrogens with one attached hydrogen (secondary N) is 2. The second-order valence-electron chi connectivity index (χ2n) is 5.22. The minimum atomic E-state index is -0.184. The summed E-state index contributed by atoms with van der Waals surface area (Å²) in [5.74, 6) is 0.633. The fraction of sp³-hybridized carbons (Fsp3) is 0.438. The summed E-state index contributed by atoms with van der Waals surface area (Å²) in [5.41, 5.74) is 2.00. The van der Waals surface area contributed by atoms with Crippen molar-refractivity contribution in [3.05, 3.63) is 42.1 Å². The molecule has 2 rings (SSSR count). The molecule has 0 saturated heterocycles. The number of aryl methyl sites for hydroxylation is 1. The van der Waals surface area contributed by atoms with E-state index in [1.165, 1.54) is 37.7 Å². The van der Waals surface area contributed by atoms with E-state index < -0.39 is 0 Å². The zero-order chi connectivity index (χ0) is 13.5. The summed E-state index contributed by atoms with van der Waals surface area (Å²) in [6, 6.07) is 7.58. The fourth-order valence-corrected chi connectivity index (χ4v) is 2.39. The van der Waals surface area contributed by atoms with Crippen molar-refractivity contribution in [1.29, 1.82) is 0 Å². The first-order valence-electron chi connectivity index (χ1n) is 7.05. The van der Waals surface area contributed by atoms with E-state index in [4.69, 9.17) is 0 Å². The van der Waals surface area contributed by atoms with Crippen molar-refractivity contribution in [2.75, 3.05) is 5.32 Å². The molecule has 0 aliphatic heterocycles.